The Bertz CT molecular complexity index is 881. The van der Waals surface area contributed by atoms with Gasteiger partial charge < -0.3 is 14.6 Å². The average molecular weight is 368 g/mol. The van der Waals surface area contributed by atoms with Gasteiger partial charge >= 0.3 is 11.6 Å². The van der Waals surface area contributed by atoms with Gasteiger partial charge in [-0.3, -0.25) is 10.1 Å². The summed E-state index contributed by atoms with van der Waals surface area (Å²) in [5.74, 6) is 0.539. The second-order valence-corrected chi connectivity index (χ2v) is 5.81. The molecule has 2 aromatic heterocycles. The van der Waals surface area contributed by atoms with E-state index in [2.05, 4.69) is 27.2 Å². The normalized spacial score (nSPS) is 10.6. The first kappa shape index (κ1) is 18.3. The predicted octanol–water partition coefficient (Wildman–Crippen LogP) is 3.44. The van der Waals surface area contributed by atoms with Crippen molar-refractivity contribution in [2.75, 3.05) is 11.9 Å². The molecule has 0 amide bonds. The monoisotopic (exact) mass is 368 g/mol. The van der Waals surface area contributed by atoms with Gasteiger partial charge in [-0.2, -0.15) is 4.98 Å². The molecule has 0 atom stereocenters. The highest BCUT2D eigenvalue weighted by Gasteiger charge is 2.24. The summed E-state index contributed by atoms with van der Waals surface area (Å²) in [6, 6.07) is 7.36. The fraction of sp³-hybridized carbons (Fsp3) is 0.278. The maximum atomic E-state index is 11.5. The molecule has 0 saturated heterocycles. The number of rotatable bonds is 9. The summed E-state index contributed by atoms with van der Waals surface area (Å²) in [6.45, 7) is 3.32. The van der Waals surface area contributed by atoms with Gasteiger partial charge in [-0.1, -0.05) is 19.1 Å². The third-order valence-electron chi connectivity index (χ3n) is 3.96. The van der Waals surface area contributed by atoms with Crippen LogP contribution in [0.3, 0.4) is 0 Å². The Labute approximate surface area is 156 Å². The highest BCUT2D eigenvalue weighted by atomic mass is 16.6. The van der Waals surface area contributed by atoms with Gasteiger partial charge in [0.1, 0.15) is 12.1 Å². The maximum Gasteiger partial charge on any atom is 0.373 e. The topological polar surface area (TPSA) is 108 Å². The summed E-state index contributed by atoms with van der Waals surface area (Å²) in [5, 5.41) is 14.5. The quantitative estimate of drug-likeness (QED) is 0.350. The van der Waals surface area contributed by atoms with Gasteiger partial charge in [0.2, 0.25) is 5.82 Å². The summed E-state index contributed by atoms with van der Waals surface area (Å²) >= 11 is 0. The second kappa shape index (κ2) is 8.75. The fourth-order valence-electron chi connectivity index (χ4n) is 2.52. The summed E-state index contributed by atoms with van der Waals surface area (Å²) in [7, 11) is 0. The van der Waals surface area contributed by atoms with E-state index in [-0.39, 0.29) is 17.4 Å². The van der Waals surface area contributed by atoms with Crippen LogP contribution in [0.4, 0.5) is 11.5 Å². The maximum absolute atomic E-state index is 11.5. The largest absolute Gasteiger partial charge is 0.434 e. The first-order valence-electron chi connectivity index (χ1n) is 8.63. The SMILES string of the molecule is CCc1ccc(Oc2ncnc(NCCCn3ccnc3)c2[N+](=O)[O-])cc1. The minimum Gasteiger partial charge on any atom is -0.434 e. The average Bonchev–Trinajstić information content (AvgIpc) is 3.19. The number of ether oxygens (including phenoxy) is 1. The molecule has 0 bridgehead atoms. The predicted molar refractivity (Wildman–Crippen MR) is 99.9 cm³/mol. The molecule has 27 heavy (non-hydrogen) atoms. The summed E-state index contributed by atoms with van der Waals surface area (Å²) < 4.78 is 7.57. The Morgan fingerprint density at radius 3 is 2.74 bits per heavy atom. The first-order chi connectivity index (χ1) is 13.2. The van der Waals surface area contributed by atoms with E-state index in [1.54, 1.807) is 24.7 Å². The molecule has 0 spiro atoms. The van der Waals surface area contributed by atoms with Crippen LogP contribution in [0.15, 0.2) is 49.3 Å². The number of imidazole rings is 1. The number of hydrogen-bond donors (Lipinski definition) is 1. The molecule has 0 unspecified atom stereocenters. The van der Waals surface area contributed by atoms with E-state index in [9.17, 15) is 10.1 Å². The van der Waals surface area contributed by atoms with E-state index >= 15 is 0 Å². The van der Waals surface area contributed by atoms with E-state index in [4.69, 9.17) is 4.74 Å². The third kappa shape index (κ3) is 4.78. The van der Waals surface area contributed by atoms with Crippen LogP contribution in [0.2, 0.25) is 0 Å². The number of nitrogens with zero attached hydrogens (tertiary/aromatic N) is 5. The lowest BCUT2D eigenvalue weighted by atomic mass is 10.2. The Balaban J connectivity index is 1.70. The molecule has 140 valence electrons. The molecule has 2 heterocycles. The van der Waals surface area contributed by atoms with Crippen LogP contribution >= 0.6 is 0 Å². The van der Waals surface area contributed by atoms with Crippen molar-refractivity contribution >= 4 is 11.5 Å². The highest BCUT2D eigenvalue weighted by molar-refractivity contribution is 5.61. The molecule has 3 rings (SSSR count). The van der Waals surface area contributed by atoms with Crippen LogP contribution < -0.4 is 10.1 Å². The number of anilines is 1. The van der Waals surface area contributed by atoms with Gasteiger partial charge in [-0.05, 0) is 30.5 Å². The van der Waals surface area contributed by atoms with Crippen molar-refractivity contribution in [1.82, 2.24) is 19.5 Å². The molecule has 0 aliphatic carbocycles. The Morgan fingerprint density at radius 2 is 2.07 bits per heavy atom. The molecular weight excluding hydrogens is 348 g/mol. The number of benzene rings is 1. The number of aryl methyl sites for hydroxylation is 2. The molecule has 3 aromatic rings. The van der Waals surface area contributed by atoms with Gasteiger partial charge in [-0.25, -0.2) is 9.97 Å². The minimum atomic E-state index is -0.534. The van der Waals surface area contributed by atoms with Crippen LogP contribution in [-0.4, -0.2) is 31.0 Å². The fourth-order valence-corrected chi connectivity index (χ4v) is 2.52. The zero-order chi connectivity index (χ0) is 19.1. The van der Waals surface area contributed by atoms with E-state index in [0.717, 1.165) is 24.9 Å². The first-order valence-corrected chi connectivity index (χ1v) is 8.63. The molecule has 1 aromatic carbocycles. The van der Waals surface area contributed by atoms with E-state index < -0.39 is 4.92 Å². The van der Waals surface area contributed by atoms with Crippen molar-refractivity contribution in [2.24, 2.45) is 0 Å². The molecule has 9 nitrogen and oxygen atoms in total. The lowest BCUT2D eigenvalue weighted by Gasteiger charge is -2.10. The lowest BCUT2D eigenvalue weighted by molar-refractivity contribution is -0.385. The van der Waals surface area contributed by atoms with Crippen molar-refractivity contribution in [1.29, 1.82) is 0 Å². The van der Waals surface area contributed by atoms with Gasteiger partial charge in [0.25, 0.3) is 0 Å². The molecule has 0 aliphatic rings. The highest BCUT2D eigenvalue weighted by Crippen LogP contribution is 2.34. The third-order valence-corrected chi connectivity index (χ3v) is 3.96. The molecule has 9 heteroatoms. The van der Waals surface area contributed by atoms with Crippen molar-refractivity contribution in [2.45, 2.75) is 26.3 Å². The Hall–Kier alpha value is -3.49. The van der Waals surface area contributed by atoms with E-state index in [1.165, 1.54) is 6.33 Å². The molecule has 0 saturated carbocycles. The van der Waals surface area contributed by atoms with Gasteiger partial charge in [-0.15, -0.1) is 0 Å². The van der Waals surface area contributed by atoms with Crippen LogP contribution in [-0.2, 0) is 13.0 Å². The number of nitro groups is 1. The summed E-state index contributed by atoms with van der Waals surface area (Å²) in [6.07, 6.45) is 8.21. The van der Waals surface area contributed by atoms with Crippen LogP contribution in [0, 0.1) is 10.1 Å². The van der Waals surface area contributed by atoms with Gasteiger partial charge in [0, 0.05) is 25.5 Å². The zero-order valence-corrected chi connectivity index (χ0v) is 14.9. The number of aromatic nitrogens is 4. The summed E-state index contributed by atoms with van der Waals surface area (Å²) in [5.41, 5.74) is 0.875. The molecule has 1 N–H and O–H groups in total. The number of hydrogen-bond acceptors (Lipinski definition) is 7. The minimum absolute atomic E-state index is 0.0867. The van der Waals surface area contributed by atoms with Crippen molar-refractivity contribution in [3.05, 3.63) is 65.0 Å². The van der Waals surface area contributed by atoms with Crippen LogP contribution in [0.25, 0.3) is 0 Å². The molecule has 0 aliphatic heterocycles. The van der Waals surface area contributed by atoms with Gasteiger partial charge in [0.05, 0.1) is 11.3 Å². The van der Waals surface area contributed by atoms with Crippen molar-refractivity contribution in [3.63, 3.8) is 0 Å². The van der Waals surface area contributed by atoms with Gasteiger partial charge in [0.15, 0.2) is 0 Å². The van der Waals surface area contributed by atoms with Crippen LogP contribution in [0.1, 0.15) is 18.9 Å². The second-order valence-electron chi connectivity index (χ2n) is 5.81. The lowest BCUT2D eigenvalue weighted by Crippen LogP contribution is -2.10. The molecular formula is C18H20N6O3. The van der Waals surface area contributed by atoms with Crippen LogP contribution in [0.5, 0.6) is 11.6 Å². The zero-order valence-electron chi connectivity index (χ0n) is 14.9. The van der Waals surface area contributed by atoms with E-state index in [1.807, 2.05) is 22.9 Å². The van der Waals surface area contributed by atoms with Crippen molar-refractivity contribution in [3.8, 4) is 11.6 Å². The molecule has 0 radical (unpaired) electrons. The smallest absolute Gasteiger partial charge is 0.373 e. The van der Waals surface area contributed by atoms with E-state index in [0.29, 0.717) is 12.3 Å². The van der Waals surface area contributed by atoms with Crippen molar-refractivity contribution < 1.29 is 9.66 Å². The number of nitrogens with one attached hydrogen (secondary N) is 1. The summed E-state index contributed by atoms with van der Waals surface area (Å²) in [4.78, 5) is 22.9. The Kier molecular flexibility index (Phi) is 5.93. The standard InChI is InChI=1S/C18H20N6O3/c1-2-14-4-6-15(7-5-14)27-18-16(24(25)26)17(21-12-22-18)20-8-3-10-23-11-9-19-13-23/h4-7,9,11-13H,2-3,8,10H2,1H3,(H,20,21,22). The Morgan fingerprint density at radius 1 is 1.26 bits per heavy atom. The molecule has 0 fully saturated rings.